The van der Waals surface area contributed by atoms with E-state index < -0.39 is 5.97 Å². The molecule has 0 spiro atoms. The van der Waals surface area contributed by atoms with Crippen molar-refractivity contribution in [2.45, 2.75) is 0 Å². The molecule has 0 atom stereocenters. The van der Waals surface area contributed by atoms with Gasteiger partial charge in [0, 0.05) is 17.6 Å². The Hall–Kier alpha value is -2.77. The first-order valence-corrected chi connectivity index (χ1v) is 9.01. The van der Waals surface area contributed by atoms with Gasteiger partial charge in [0.05, 0.1) is 23.3 Å². The van der Waals surface area contributed by atoms with Crippen LogP contribution in [0.3, 0.4) is 0 Å². The van der Waals surface area contributed by atoms with Gasteiger partial charge >= 0.3 is 5.97 Å². The van der Waals surface area contributed by atoms with Crippen molar-refractivity contribution in [3.8, 4) is 5.75 Å². The molecule has 3 rings (SSSR count). The summed E-state index contributed by atoms with van der Waals surface area (Å²) in [5.41, 5.74) is 1.43. The van der Waals surface area contributed by atoms with Crippen LogP contribution in [0.5, 0.6) is 5.75 Å². The lowest BCUT2D eigenvalue weighted by Gasteiger charge is -2.07. The topological polar surface area (TPSA) is 79.2 Å². The largest absolute Gasteiger partial charge is 0.496 e. The van der Waals surface area contributed by atoms with E-state index in [4.69, 9.17) is 21.4 Å². The number of carboxylic acid groups (broad SMARTS) is 1. The number of hydrogen-bond donors (Lipinski definition) is 1. The number of rotatable bonds is 4. The number of aromatic carboxylic acids is 1. The van der Waals surface area contributed by atoms with Crippen molar-refractivity contribution in [1.82, 2.24) is 4.90 Å². The second-order valence-corrected chi connectivity index (χ2v) is 7.05. The van der Waals surface area contributed by atoms with E-state index in [-0.39, 0.29) is 11.5 Å². The standard InChI is InChI=1S/C19H15ClN2O4S/c1-22-17(23)16(10-12-9-13(20)5-8-15(12)26-2)27-19(22)21-14-6-3-11(4-7-14)18(24)25/h3-10H,1-2H3,(H,24,25)/b16-10-,21-19?. The van der Waals surface area contributed by atoms with Crippen LogP contribution in [0.15, 0.2) is 52.4 Å². The number of carbonyl (C=O) groups is 2. The van der Waals surface area contributed by atoms with Crippen LogP contribution in [0.1, 0.15) is 15.9 Å². The first kappa shape index (κ1) is 19.0. The highest BCUT2D eigenvalue weighted by atomic mass is 35.5. The van der Waals surface area contributed by atoms with Gasteiger partial charge in [0.25, 0.3) is 5.91 Å². The van der Waals surface area contributed by atoms with Crippen molar-refractivity contribution >= 4 is 52.2 Å². The fraction of sp³-hybridized carbons (Fsp3) is 0.105. The summed E-state index contributed by atoms with van der Waals surface area (Å²) in [6, 6.07) is 11.3. The normalized spacial score (nSPS) is 17.0. The molecule has 1 aliphatic heterocycles. The third-order valence-corrected chi connectivity index (χ3v) is 5.12. The van der Waals surface area contributed by atoms with E-state index >= 15 is 0 Å². The smallest absolute Gasteiger partial charge is 0.335 e. The molecular formula is C19H15ClN2O4S. The van der Waals surface area contributed by atoms with Crippen LogP contribution in [0.2, 0.25) is 5.02 Å². The van der Waals surface area contributed by atoms with E-state index in [1.807, 2.05) is 0 Å². The molecule has 1 amide bonds. The maximum atomic E-state index is 12.5. The average molecular weight is 403 g/mol. The summed E-state index contributed by atoms with van der Waals surface area (Å²) in [6.07, 6.45) is 1.71. The van der Waals surface area contributed by atoms with Crippen molar-refractivity contribution in [3.63, 3.8) is 0 Å². The molecule has 0 aromatic heterocycles. The molecule has 0 radical (unpaired) electrons. The zero-order valence-corrected chi connectivity index (χ0v) is 16.0. The summed E-state index contributed by atoms with van der Waals surface area (Å²) in [6.45, 7) is 0. The van der Waals surface area contributed by atoms with Gasteiger partial charge in [0.2, 0.25) is 0 Å². The van der Waals surface area contributed by atoms with Gasteiger partial charge in [-0.05, 0) is 60.3 Å². The number of aliphatic imine (C=N–C) groups is 1. The molecule has 1 fully saturated rings. The molecule has 2 aromatic carbocycles. The molecule has 6 nitrogen and oxygen atoms in total. The number of benzene rings is 2. The lowest BCUT2D eigenvalue weighted by atomic mass is 10.2. The highest BCUT2D eigenvalue weighted by Crippen LogP contribution is 2.35. The van der Waals surface area contributed by atoms with Gasteiger partial charge in [-0.2, -0.15) is 0 Å². The molecule has 0 unspecified atom stereocenters. The lowest BCUT2D eigenvalue weighted by Crippen LogP contribution is -2.23. The molecule has 0 aliphatic carbocycles. The van der Waals surface area contributed by atoms with E-state index in [0.717, 1.165) is 0 Å². The predicted octanol–water partition coefficient (Wildman–Crippen LogP) is 4.28. The minimum absolute atomic E-state index is 0.177. The van der Waals surface area contributed by atoms with E-state index in [2.05, 4.69) is 4.99 Å². The Morgan fingerprint density at radius 2 is 1.96 bits per heavy atom. The van der Waals surface area contributed by atoms with E-state index in [1.54, 1.807) is 50.6 Å². The highest BCUT2D eigenvalue weighted by Gasteiger charge is 2.30. The Kier molecular flexibility index (Phi) is 5.53. The summed E-state index contributed by atoms with van der Waals surface area (Å²) in [4.78, 5) is 29.8. The first-order chi connectivity index (χ1) is 12.9. The van der Waals surface area contributed by atoms with Crippen molar-refractivity contribution in [2.75, 3.05) is 14.2 Å². The maximum absolute atomic E-state index is 12.5. The van der Waals surface area contributed by atoms with Gasteiger partial charge < -0.3 is 9.84 Å². The van der Waals surface area contributed by atoms with Crippen molar-refractivity contribution in [3.05, 3.63) is 63.5 Å². The molecule has 1 N–H and O–H groups in total. The summed E-state index contributed by atoms with van der Waals surface area (Å²) in [5.74, 6) is -0.585. The number of amides is 1. The SMILES string of the molecule is COc1ccc(Cl)cc1/C=C1\SC(=Nc2ccc(C(=O)O)cc2)N(C)C1=O. The first-order valence-electron chi connectivity index (χ1n) is 7.82. The molecule has 0 saturated carbocycles. The fourth-order valence-corrected chi connectivity index (χ4v) is 3.56. The molecule has 138 valence electrons. The minimum Gasteiger partial charge on any atom is -0.496 e. The molecule has 27 heavy (non-hydrogen) atoms. The Balaban J connectivity index is 1.91. The van der Waals surface area contributed by atoms with E-state index in [0.29, 0.717) is 32.1 Å². The minimum atomic E-state index is -1.00. The molecule has 2 aromatic rings. The van der Waals surface area contributed by atoms with Gasteiger partial charge in [-0.15, -0.1) is 0 Å². The number of nitrogens with zero attached hydrogens (tertiary/aromatic N) is 2. The third kappa shape index (κ3) is 4.15. The Bertz CT molecular complexity index is 970. The number of carbonyl (C=O) groups excluding carboxylic acids is 1. The van der Waals surface area contributed by atoms with Gasteiger partial charge in [0.1, 0.15) is 5.75 Å². The molecular weight excluding hydrogens is 388 g/mol. The molecule has 1 aliphatic rings. The summed E-state index contributed by atoms with van der Waals surface area (Å²) in [5, 5.41) is 9.99. The number of methoxy groups -OCH3 is 1. The number of amidine groups is 1. The number of halogens is 1. The van der Waals surface area contributed by atoms with E-state index in [1.165, 1.54) is 28.8 Å². The number of thioether (sulfide) groups is 1. The second-order valence-electron chi connectivity index (χ2n) is 5.61. The van der Waals surface area contributed by atoms with Gasteiger partial charge in [-0.3, -0.25) is 9.69 Å². The van der Waals surface area contributed by atoms with Crippen LogP contribution in [0, 0.1) is 0 Å². The highest BCUT2D eigenvalue weighted by molar-refractivity contribution is 8.18. The molecule has 8 heteroatoms. The van der Waals surface area contributed by atoms with Crippen LogP contribution < -0.4 is 4.74 Å². The fourth-order valence-electron chi connectivity index (χ4n) is 2.40. The Morgan fingerprint density at radius 1 is 1.26 bits per heavy atom. The van der Waals surface area contributed by atoms with Crippen molar-refractivity contribution in [2.24, 2.45) is 4.99 Å². The number of hydrogen-bond acceptors (Lipinski definition) is 5. The second kappa shape index (κ2) is 7.85. The zero-order valence-electron chi connectivity index (χ0n) is 14.5. The van der Waals surface area contributed by atoms with Gasteiger partial charge in [-0.25, -0.2) is 9.79 Å². The van der Waals surface area contributed by atoms with Gasteiger partial charge in [0.15, 0.2) is 5.17 Å². The molecule has 1 saturated heterocycles. The summed E-state index contributed by atoms with van der Waals surface area (Å²) >= 11 is 7.27. The lowest BCUT2D eigenvalue weighted by molar-refractivity contribution is -0.121. The van der Waals surface area contributed by atoms with Gasteiger partial charge in [-0.1, -0.05) is 11.6 Å². The molecule has 0 bridgehead atoms. The number of carboxylic acids is 1. The van der Waals surface area contributed by atoms with Crippen LogP contribution in [-0.2, 0) is 4.79 Å². The maximum Gasteiger partial charge on any atom is 0.335 e. The average Bonchev–Trinajstić information content (AvgIpc) is 2.90. The third-order valence-electron chi connectivity index (χ3n) is 3.82. The number of ether oxygens (including phenoxy) is 1. The quantitative estimate of drug-likeness (QED) is 0.772. The monoisotopic (exact) mass is 402 g/mol. The van der Waals surface area contributed by atoms with Crippen LogP contribution >= 0.6 is 23.4 Å². The van der Waals surface area contributed by atoms with Crippen LogP contribution in [0.4, 0.5) is 5.69 Å². The Morgan fingerprint density at radius 3 is 2.59 bits per heavy atom. The molecule has 1 heterocycles. The predicted molar refractivity (Wildman–Crippen MR) is 107 cm³/mol. The Labute approximate surface area is 165 Å². The van der Waals surface area contributed by atoms with E-state index in [9.17, 15) is 9.59 Å². The van der Waals surface area contributed by atoms with Crippen molar-refractivity contribution < 1.29 is 19.4 Å². The van der Waals surface area contributed by atoms with Crippen LogP contribution in [0.25, 0.3) is 6.08 Å². The number of likely N-dealkylation sites (N-methyl/N-ethyl adjacent to an activating group) is 1. The van der Waals surface area contributed by atoms with Crippen molar-refractivity contribution in [1.29, 1.82) is 0 Å². The summed E-state index contributed by atoms with van der Waals surface area (Å²) in [7, 11) is 3.19. The van der Waals surface area contributed by atoms with Crippen LogP contribution in [-0.4, -0.2) is 41.2 Å². The summed E-state index contributed by atoms with van der Waals surface area (Å²) < 4.78 is 5.31. The zero-order chi connectivity index (χ0) is 19.6.